The lowest BCUT2D eigenvalue weighted by Gasteiger charge is -2.30. The molecule has 1 aliphatic rings. The van der Waals surface area contributed by atoms with E-state index in [4.69, 9.17) is 10.8 Å². The highest BCUT2D eigenvalue weighted by molar-refractivity contribution is 6.01. The van der Waals surface area contributed by atoms with Crippen molar-refractivity contribution < 1.29 is 14.7 Å². The normalized spacial score (nSPS) is 19.3. The molecule has 1 rings (SSSR count). The Morgan fingerprint density at radius 2 is 1.69 bits per heavy atom. The van der Waals surface area contributed by atoms with E-state index in [1.807, 2.05) is 0 Å². The van der Waals surface area contributed by atoms with Crippen molar-refractivity contribution >= 4 is 11.9 Å². The van der Waals surface area contributed by atoms with E-state index in [0.717, 1.165) is 12.8 Å². The lowest BCUT2D eigenvalue weighted by molar-refractivity contribution is -0.134. The number of piperidine rings is 1. The number of amides is 1. The van der Waals surface area contributed by atoms with Crippen molar-refractivity contribution in [3.8, 4) is 0 Å². The Balaban J connectivity index is 2.71. The minimum atomic E-state index is -1.04. The Hall–Kier alpha value is -1.36. The molecule has 0 aromatic rings. The highest BCUT2D eigenvalue weighted by atomic mass is 16.4. The fraction of sp³-hybridized carbons (Fsp3) is 0.636. The van der Waals surface area contributed by atoms with Gasteiger partial charge in [-0.3, -0.25) is 4.79 Å². The average molecular weight is 226 g/mol. The first-order chi connectivity index (χ1) is 7.43. The Kier molecular flexibility index (Phi) is 4.06. The van der Waals surface area contributed by atoms with E-state index in [0.29, 0.717) is 18.7 Å². The molecule has 1 amide bonds. The van der Waals surface area contributed by atoms with Crippen LogP contribution in [0.15, 0.2) is 11.1 Å². The van der Waals surface area contributed by atoms with Crippen LogP contribution in [0.2, 0.25) is 0 Å². The Morgan fingerprint density at radius 1 is 1.19 bits per heavy atom. The third-order valence-corrected chi connectivity index (χ3v) is 3.03. The summed E-state index contributed by atoms with van der Waals surface area (Å²) in [5.41, 5.74) is 6.16. The molecular weight excluding hydrogens is 208 g/mol. The van der Waals surface area contributed by atoms with Gasteiger partial charge in [-0.1, -0.05) is 0 Å². The van der Waals surface area contributed by atoms with Crippen molar-refractivity contribution in [3.05, 3.63) is 11.1 Å². The van der Waals surface area contributed by atoms with Crippen molar-refractivity contribution in [3.63, 3.8) is 0 Å². The fourth-order valence-corrected chi connectivity index (χ4v) is 1.66. The van der Waals surface area contributed by atoms with Gasteiger partial charge in [-0.25, -0.2) is 4.79 Å². The van der Waals surface area contributed by atoms with E-state index in [2.05, 4.69) is 0 Å². The van der Waals surface area contributed by atoms with Crippen LogP contribution in [0.4, 0.5) is 0 Å². The summed E-state index contributed by atoms with van der Waals surface area (Å²) < 4.78 is 0. The number of hydrogen-bond donors (Lipinski definition) is 2. The molecule has 0 atom stereocenters. The first-order valence-corrected chi connectivity index (χ1v) is 5.39. The van der Waals surface area contributed by atoms with Crippen LogP contribution in [0, 0.1) is 0 Å². The molecule has 1 fully saturated rings. The summed E-state index contributed by atoms with van der Waals surface area (Å²) in [6.07, 6.45) is 1.57. The zero-order chi connectivity index (χ0) is 12.3. The number of carbonyl (C=O) groups excluding carboxylic acids is 1. The maximum absolute atomic E-state index is 11.9. The summed E-state index contributed by atoms with van der Waals surface area (Å²) in [4.78, 5) is 24.3. The van der Waals surface area contributed by atoms with Gasteiger partial charge in [0, 0.05) is 30.3 Å². The van der Waals surface area contributed by atoms with Crippen LogP contribution in [0.25, 0.3) is 0 Å². The zero-order valence-electron chi connectivity index (χ0n) is 9.69. The molecule has 0 aromatic carbocycles. The van der Waals surface area contributed by atoms with Crippen molar-refractivity contribution in [2.75, 3.05) is 13.1 Å². The second kappa shape index (κ2) is 5.12. The second-order valence-corrected chi connectivity index (χ2v) is 4.18. The topological polar surface area (TPSA) is 83.6 Å². The van der Waals surface area contributed by atoms with Crippen LogP contribution in [0.5, 0.6) is 0 Å². The molecule has 0 bridgehead atoms. The minimum Gasteiger partial charge on any atom is -0.478 e. The van der Waals surface area contributed by atoms with E-state index < -0.39 is 5.97 Å². The van der Waals surface area contributed by atoms with Gasteiger partial charge in [0.1, 0.15) is 0 Å². The largest absolute Gasteiger partial charge is 0.478 e. The SMILES string of the molecule is CC(C(=O)O)=C(C)C(=O)N1CCC(N)CC1. The molecule has 5 nitrogen and oxygen atoms in total. The van der Waals surface area contributed by atoms with Crippen molar-refractivity contribution in [2.24, 2.45) is 5.73 Å². The molecule has 16 heavy (non-hydrogen) atoms. The lowest BCUT2D eigenvalue weighted by atomic mass is 10.0. The summed E-state index contributed by atoms with van der Waals surface area (Å²) in [6.45, 7) is 4.24. The van der Waals surface area contributed by atoms with Crippen LogP contribution < -0.4 is 5.73 Å². The van der Waals surface area contributed by atoms with E-state index >= 15 is 0 Å². The second-order valence-electron chi connectivity index (χ2n) is 4.18. The van der Waals surface area contributed by atoms with Crippen molar-refractivity contribution in [1.82, 2.24) is 4.90 Å². The van der Waals surface area contributed by atoms with Gasteiger partial charge in [0.2, 0.25) is 5.91 Å². The lowest BCUT2D eigenvalue weighted by Crippen LogP contribution is -2.43. The van der Waals surface area contributed by atoms with Crippen LogP contribution in [0.1, 0.15) is 26.7 Å². The number of aliphatic carboxylic acids is 1. The van der Waals surface area contributed by atoms with Crippen LogP contribution in [-0.4, -0.2) is 41.0 Å². The summed E-state index contributed by atoms with van der Waals surface area (Å²) in [5.74, 6) is -1.23. The first kappa shape index (κ1) is 12.7. The third-order valence-electron chi connectivity index (χ3n) is 3.03. The number of carbonyl (C=O) groups is 2. The molecule has 0 aromatic heterocycles. The predicted molar refractivity (Wildman–Crippen MR) is 59.8 cm³/mol. The molecule has 5 heteroatoms. The van der Waals surface area contributed by atoms with E-state index in [9.17, 15) is 9.59 Å². The number of nitrogens with zero attached hydrogens (tertiary/aromatic N) is 1. The van der Waals surface area contributed by atoms with E-state index in [-0.39, 0.29) is 17.5 Å². The molecule has 0 aliphatic carbocycles. The van der Waals surface area contributed by atoms with Gasteiger partial charge >= 0.3 is 5.97 Å². The number of carboxylic acids is 1. The van der Waals surface area contributed by atoms with E-state index in [1.165, 1.54) is 6.92 Å². The summed E-state index contributed by atoms with van der Waals surface area (Å²) >= 11 is 0. The van der Waals surface area contributed by atoms with Crippen LogP contribution >= 0.6 is 0 Å². The maximum Gasteiger partial charge on any atom is 0.331 e. The fourth-order valence-electron chi connectivity index (χ4n) is 1.66. The first-order valence-electron chi connectivity index (χ1n) is 5.39. The predicted octanol–water partition coefficient (Wildman–Crippen LogP) is 0.357. The van der Waals surface area contributed by atoms with Crippen LogP contribution in [-0.2, 0) is 9.59 Å². The van der Waals surface area contributed by atoms with Crippen molar-refractivity contribution in [2.45, 2.75) is 32.7 Å². The van der Waals surface area contributed by atoms with Gasteiger partial charge in [-0.05, 0) is 26.7 Å². The van der Waals surface area contributed by atoms with Gasteiger partial charge in [-0.15, -0.1) is 0 Å². The monoisotopic (exact) mass is 226 g/mol. The highest BCUT2D eigenvalue weighted by Gasteiger charge is 2.23. The van der Waals surface area contributed by atoms with Crippen molar-refractivity contribution in [1.29, 1.82) is 0 Å². The molecule has 3 N–H and O–H groups in total. The van der Waals surface area contributed by atoms with Gasteiger partial charge in [-0.2, -0.15) is 0 Å². The Bertz CT molecular complexity index is 328. The molecule has 0 unspecified atom stereocenters. The third kappa shape index (κ3) is 2.82. The summed E-state index contributed by atoms with van der Waals surface area (Å²) in [6, 6.07) is 0.161. The van der Waals surface area contributed by atoms with Gasteiger partial charge in [0.25, 0.3) is 0 Å². The van der Waals surface area contributed by atoms with Gasteiger partial charge in [0.05, 0.1) is 0 Å². The number of carboxylic acid groups (broad SMARTS) is 1. The number of hydrogen-bond acceptors (Lipinski definition) is 3. The number of nitrogens with two attached hydrogens (primary N) is 1. The van der Waals surface area contributed by atoms with Crippen LogP contribution in [0.3, 0.4) is 0 Å². The molecule has 1 heterocycles. The molecule has 1 saturated heterocycles. The van der Waals surface area contributed by atoms with Gasteiger partial charge < -0.3 is 15.7 Å². The number of rotatable bonds is 2. The Morgan fingerprint density at radius 3 is 2.12 bits per heavy atom. The highest BCUT2D eigenvalue weighted by Crippen LogP contribution is 2.13. The quantitative estimate of drug-likeness (QED) is 0.666. The molecule has 90 valence electrons. The molecule has 0 saturated carbocycles. The summed E-state index contributed by atoms with van der Waals surface area (Å²) in [7, 11) is 0. The smallest absolute Gasteiger partial charge is 0.331 e. The molecule has 0 radical (unpaired) electrons. The minimum absolute atomic E-state index is 0.111. The molecular formula is C11H18N2O3. The van der Waals surface area contributed by atoms with Gasteiger partial charge in [0.15, 0.2) is 0 Å². The average Bonchev–Trinajstić information content (AvgIpc) is 2.27. The maximum atomic E-state index is 11.9. The Labute approximate surface area is 94.9 Å². The molecule has 0 spiro atoms. The van der Waals surface area contributed by atoms with E-state index in [1.54, 1.807) is 11.8 Å². The number of likely N-dealkylation sites (tertiary alicyclic amines) is 1. The standard InChI is InChI=1S/C11H18N2O3/c1-7(8(2)11(15)16)10(14)13-5-3-9(12)4-6-13/h9H,3-6,12H2,1-2H3,(H,15,16). The molecule has 1 aliphatic heterocycles. The summed E-state index contributed by atoms with van der Waals surface area (Å²) in [5, 5.41) is 8.79. The zero-order valence-corrected chi connectivity index (χ0v) is 9.69.